The molecule has 0 radical (unpaired) electrons. The van der Waals surface area contributed by atoms with Gasteiger partial charge >= 0.3 is 0 Å². The number of rotatable bonds is 8. The molecule has 1 rings (SSSR count). The van der Waals surface area contributed by atoms with Crippen molar-refractivity contribution in [2.45, 2.75) is 27.2 Å². The Morgan fingerprint density at radius 3 is 2.29 bits per heavy atom. The number of hydrogen-bond donors (Lipinski definition) is 0. The van der Waals surface area contributed by atoms with Gasteiger partial charge in [0.1, 0.15) is 5.75 Å². The summed E-state index contributed by atoms with van der Waals surface area (Å²) in [6, 6.07) is 10.1. The second-order valence-corrected chi connectivity index (χ2v) is 7.22. The van der Waals surface area contributed by atoms with E-state index in [4.69, 9.17) is 4.52 Å². The molecule has 0 saturated carbocycles. The van der Waals surface area contributed by atoms with E-state index < -0.39 is 7.50 Å². The lowest BCUT2D eigenvalue weighted by Gasteiger charge is -2.27. The number of benzene rings is 1. The molecule has 0 bridgehead atoms. The van der Waals surface area contributed by atoms with E-state index in [1.54, 1.807) is 0 Å². The Hall–Kier alpha value is -0.240. The summed E-state index contributed by atoms with van der Waals surface area (Å²) in [5.41, 5.74) is 0. The van der Waals surface area contributed by atoms with Gasteiger partial charge in [0.05, 0.1) is 0 Å². The normalized spacial score (nSPS) is 12.7. The predicted molar refractivity (Wildman–Crippen MR) is 79.7 cm³/mol. The molecule has 0 fully saturated rings. The fourth-order valence-corrected chi connectivity index (χ4v) is 5.41. The first kappa shape index (κ1) is 14.8. The van der Waals surface area contributed by atoms with Crippen molar-refractivity contribution >= 4 is 18.9 Å². The van der Waals surface area contributed by atoms with Gasteiger partial charge in [-0.15, -0.1) is 0 Å². The SMILES string of the molecule is CCCSP(Oc1ccccc1)N(CC)CC. The van der Waals surface area contributed by atoms with Crippen molar-refractivity contribution in [1.82, 2.24) is 4.67 Å². The molecule has 0 spiro atoms. The van der Waals surface area contributed by atoms with Gasteiger partial charge in [-0.1, -0.05) is 50.4 Å². The minimum Gasteiger partial charge on any atom is -0.448 e. The number of para-hydroxylation sites is 1. The zero-order chi connectivity index (χ0) is 12.5. The Kier molecular flexibility index (Phi) is 7.67. The van der Waals surface area contributed by atoms with Gasteiger partial charge in [0.15, 0.2) is 0 Å². The molecule has 1 atom stereocenters. The molecule has 0 amide bonds. The Labute approximate surface area is 110 Å². The van der Waals surface area contributed by atoms with Crippen LogP contribution in [0.3, 0.4) is 0 Å². The molecule has 2 nitrogen and oxygen atoms in total. The molecule has 0 aliphatic carbocycles. The summed E-state index contributed by atoms with van der Waals surface area (Å²) >= 11 is 1.94. The van der Waals surface area contributed by atoms with E-state index in [-0.39, 0.29) is 0 Å². The van der Waals surface area contributed by atoms with Crippen molar-refractivity contribution in [2.75, 3.05) is 18.8 Å². The van der Waals surface area contributed by atoms with E-state index in [1.807, 2.05) is 41.7 Å². The van der Waals surface area contributed by atoms with Crippen molar-refractivity contribution in [1.29, 1.82) is 0 Å². The maximum atomic E-state index is 6.11. The summed E-state index contributed by atoms with van der Waals surface area (Å²) < 4.78 is 8.52. The van der Waals surface area contributed by atoms with Crippen LogP contribution in [0.25, 0.3) is 0 Å². The van der Waals surface area contributed by atoms with Crippen molar-refractivity contribution in [3.05, 3.63) is 30.3 Å². The lowest BCUT2D eigenvalue weighted by molar-refractivity contribution is 0.459. The molecule has 0 aromatic heterocycles. The van der Waals surface area contributed by atoms with E-state index in [0.29, 0.717) is 0 Å². The predicted octanol–water partition coefficient (Wildman–Crippen LogP) is 4.78. The summed E-state index contributed by atoms with van der Waals surface area (Å²) in [6.45, 7) is 8.70. The summed E-state index contributed by atoms with van der Waals surface area (Å²) in [4.78, 5) is 0. The standard InChI is InChI=1S/C13H22NOPS/c1-4-12-17-16(14(5-2)6-3)15-13-10-8-7-9-11-13/h7-11H,4-6,12H2,1-3H3. The van der Waals surface area contributed by atoms with Gasteiger partial charge in [0.25, 0.3) is 0 Å². The van der Waals surface area contributed by atoms with Crippen LogP contribution in [-0.4, -0.2) is 23.5 Å². The van der Waals surface area contributed by atoms with Crippen LogP contribution >= 0.6 is 18.9 Å². The first-order valence-corrected chi connectivity index (χ1v) is 9.03. The fraction of sp³-hybridized carbons (Fsp3) is 0.538. The highest BCUT2D eigenvalue weighted by atomic mass is 32.7. The first-order chi connectivity index (χ1) is 8.31. The summed E-state index contributed by atoms with van der Waals surface area (Å²) in [7, 11) is -0.556. The highest BCUT2D eigenvalue weighted by Gasteiger charge is 2.18. The number of nitrogens with zero attached hydrogens (tertiary/aromatic N) is 1. The van der Waals surface area contributed by atoms with Crippen LogP contribution in [0, 0.1) is 0 Å². The molecule has 1 aromatic carbocycles. The third-order valence-corrected chi connectivity index (χ3v) is 6.63. The molecule has 0 aliphatic heterocycles. The second-order valence-electron chi connectivity index (χ2n) is 3.61. The quantitative estimate of drug-likeness (QED) is 0.631. The second kappa shape index (κ2) is 8.79. The maximum Gasteiger partial charge on any atom is 0.228 e. The molecule has 0 saturated heterocycles. The molecule has 0 heterocycles. The first-order valence-electron chi connectivity index (χ1n) is 6.22. The van der Waals surface area contributed by atoms with Crippen LogP contribution in [0.5, 0.6) is 5.75 Å². The highest BCUT2D eigenvalue weighted by Crippen LogP contribution is 2.53. The Morgan fingerprint density at radius 1 is 1.12 bits per heavy atom. The molecule has 1 aromatic rings. The van der Waals surface area contributed by atoms with E-state index in [9.17, 15) is 0 Å². The molecule has 0 aliphatic rings. The summed E-state index contributed by atoms with van der Waals surface area (Å²) in [6.07, 6.45) is 1.20. The zero-order valence-electron chi connectivity index (χ0n) is 10.9. The molecule has 96 valence electrons. The third-order valence-electron chi connectivity index (χ3n) is 2.29. The van der Waals surface area contributed by atoms with Crippen molar-refractivity contribution in [2.24, 2.45) is 0 Å². The average molecular weight is 271 g/mol. The molecule has 4 heteroatoms. The van der Waals surface area contributed by atoms with Gasteiger partial charge in [0, 0.05) is 18.8 Å². The van der Waals surface area contributed by atoms with Crippen molar-refractivity contribution < 1.29 is 4.52 Å². The zero-order valence-corrected chi connectivity index (χ0v) is 12.6. The largest absolute Gasteiger partial charge is 0.448 e. The van der Waals surface area contributed by atoms with Crippen LogP contribution in [0.1, 0.15) is 27.2 Å². The smallest absolute Gasteiger partial charge is 0.228 e. The van der Waals surface area contributed by atoms with E-state index >= 15 is 0 Å². The van der Waals surface area contributed by atoms with Gasteiger partial charge in [-0.3, -0.25) is 0 Å². The molecule has 0 N–H and O–H groups in total. The van der Waals surface area contributed by atoms with Crippen molar-refractivity contribution in [3.8, 4) is 5.75 Å². The minimum absolute atomic E-state index is 0.556. The van der Waals surface area contributed by atoms with Crippen molar-refractivity contribution in [3.63, 3.8) is 0 Å². The monoisotopic (exact) mass is 271 g/mol. The van der Waals surface area contributed by atoms with Crippen LogP contribution in [0.15, 0.2) is 30.3 Å². The average Bonchev–Trinajstić information content (AvgIpc) is 2.38. The summed E-state index contributed by atoms with van der Waals surface area (Å²) in [5.74, 6) is 2.14. The van der Waals surface area contributed by atoms with Crippen LogP contribution in [0.2, 0.25) is 0 Å². The van der Waals surface area contributed by atoms with Gasteiger partial charge in [-0.2, -0.15) is 0 Å². The summed E-state index contributed by atoms with van der Waals surface area (Å²) in [5, 5.41) is 0. The van der Waals surface area contributed by atoms with E-state index in [0.717, 1.165) is 24.6 Å². The van der Waals surface area contributed by atoms with Crippen LogP contribution < -0.4 is 4.52 Å². The Morgan fingerprint density at radius 2 is 1.76 bits per heavy atom. The third kappa shape index (κ3) is 5.29. The highest BCUT2D eigenvalue weighted by molar-refractivity contribution is 8.53. The Bertz CT molecular complexity index is 293. The fourth-order valence-electron chi connectivity index (χ4n) is 1.36. The minimum atomic E-state index is -0.556. The van der Waals surface area contributed by atoms with Gasteiger partial charge < -0.3 is 4.52 Å². The molecular formula is C13H22NOPS. The maximum absolute atomic E-state index is 6.11. The van der Waals surface area contributed by atoms with Gasteiger partial charge in [-0.25, -0.2) is 4.67 Å². The molecule has 17 heavy (non-hydrogen) atoms. The Balaban J connectivity index is 2.62. The van der Waals surface area contributed by atoms with Crippen LogP contribution in [-0.2, 0) is 0 Å². The van der Waals surface area contributed by atoms with E-state index in [2.05, 4.69) is 25.4 Å². The molecule has 1 unspecified atom stereocenters. The lowest BCUT2D eigenvalue weighted by atomic mass is 10.3. The number of hydrogen-bond acceptors (Lipinski definition) is 3. The topological polar surface area (TPSA) is 12.5 Å². The van der Waals surface area contributed by atoms with Gasteiger partial charge in [0.2, 0.25) is 7.50 Å². The lowest BCUT2D eigenvalue weighted by Crippen LogP contribution is -2.18. The van der Waals surface area contributed by atoms with Gasteiger partial charge in [-0.05, 0) is 18.6 Å². The molecular weight excluding hydrogens is 249 g/mol. The van der Waals surface area contributed by atoms with Crippen LogP contribution in [0.4, 0.5) is 0 Å². The van der Waals surface area contributed by atoms with E-state index in [1.165, 1.54) is 6.42 Å².